The lowest BCUT2D eigenvalue weighted by Gasteiger charge is -2.32. The van der Waals surface area contributed by atoms with Crippen molar-refractivity contribution in [1.82, 2.24) is 0 Å². The molecule has 0 N–H and O–H groups in total. The molecule has 0 radical (unpaired) electrons. The second kappa shape index (κ2) is 4.97. The van der Waals surface area contributed by atoms with Gasteiger partial charge in [0.1, 0.15) is 11.5 Å². The lowest BCUT2D eigenvalue weighted by Crippen LogP contribution is -2.41. The summed E-state index contributed by atoms with van der Waals surface area (Å²) in [5.74, 6) is 1.51. The zero-order valence-electron chi connectivity index (χ0n) is 13.4. The van der Waals surface area contributed by atoms with E-state index in [0.29, 0.717) is 5.75 Å². The Bertz CT molecular complexity index is 495. The van der Waals surface area contributed by atoms with Gasteiger partial charge in [-0.05, 0) is 40.2 Å². The quantitative estimate of drug-likeness (QED) is 0.795. The standard InChI is InChI=1S/C15H23BO4/c1-10-8-11(13(18-7)9-12(10)17-6)16-19-14(2,3)15(4,5)20-16/h8-9H,1-7H3. The minimum absolute atomic E-state index is 0.365. The number of rotatable bonds is 3. The fourth-order valence-corrected chi connectivity index (χ4v) is 2.24. The van der Waals surface area contributed by atoms with Crippen LogP contribution in [0.2, 0.25) is 0 Å². The van der Waals surface area contributed by atoms with Gasteiger partial charge in [0, 0.05) is 11.5 Å². The fourth-order valence-electron chi connectivity index (χ4n) is 2.24. The molecule has 0 atom stereocenters. The Kier molecular flexibility index (Phi) is 3.78. The van der Waals surface area contributed by atoms with Crippen LogP contribution in [0.3, 0.4) is 0 Å². The van der Waals surface area contributed by atoms with Crippen LogP contribution in [-0.4, -0.2) is 32.5 Å². The van der Waals surface area contributed by atoms with Crippen LogP contribution < -0.4 is 14.9 Å². The molecule has 0 aliphatic carbocycles. The molecule has 1 aliphatic heterocycles. The van der Waals surface area contributed by atoms with Gasteiger partial charge in [-0.3, -0.25) is 0 Å². The van der Waals surface area contributed by atoms with Crippen LogP contribution in [0.4, 0.5) is 0 Å². The number of benzene rings is 1. The molecule has 1 aliphatic rings. The van der Waals surface area contributed by atoms with Gasteiger partial charge in [0.05, 0.1) is 25.4 Å². The van der Waals surface area contributed by atoms with Gasteiger partial charge < -0.3 is 18.8 Å². The van der Waals surface area contributed by atoms with Crippen LogP contribution in [0, 0.1) is 6.92 Å². The largest absolute Gasteiger partial charge is 0.498 e. The van der Waals surface area contributed by atoms with E-state index in [0.717, 1.165) is 16.8 Å². The molecule has 5 heteroatoms. The molecule has 0 unspecified atom stereocenters. The Balaban J connectivity index is 2.42. The zero-order chi connectivity index (χ0) is 15.1. The Labute approximate surface area is 121 Å². The van der Waals surface area contributed by atoms with Crippen LogP contribution in [0.25, 0.3) is 0 Å². The van der Waals surface area contributed by atoms with Crippen molar-refractivity contribution in [3.8, 4) is 11.5 Å². The van der Waals surface area contributed by atoms with E-state index in [4.69, 9.17) is 18.8 Å². The van der Waals surface area contributed by atoms with Crippen molar-refractivity contribution < 1.29 is 18.8 Å². The van der Waals surface area contributed by atoms with Crippen LogP contribution in [0.1, 0.15) is 33.3 Å². The summed E-state index contributed by atoms with van der Waals surface area (Å²) >= 11 is 0. The van der Waals surface area contributed by atoms with E-state index in [1.165, 1.54) is 0 Å². The van der Waals surface area contributed by atoms with E-state index >= 15 is 0 Å². The maximum Gasteiger partial charge on any atom is 0.498 e. The lowest BCUT2D eigenvalue weighted by molar-refractivity contribution is 0.00578. The zero-order valence-corrected chi connectivity index (χ0v) is 13.4. The first-order valence-electron chi connectivity index (χ1n) is 6.80. The maximum absolute atomic E-state index is 6.08. The molecule has 1 fully saturated rings. The molecule has 2 rings (SSSR count). The topological polar surface area (TPSA) is 36.9 Å². The predicted molar refractivity (Wildman–Crippen MR) is 80.0 cm³/mol. The van der Waals surface area contributed by atoms with E-state index in [1.54, 1.807) is 14.2 Å². The molecule has 0 spiro atoms. The summed E-state index contributed by atoms with van der Waals surface area (Å²) in [4.78, 5) is 0. The minimum atomic E-state index is -0.431. The van der Waals surface area contributed by atoms with Gasteiger partial charge in [0.15, 0.2) is 0 Å². The van der Waals surface area contributed by atoms with Gasteiger partial charge in [0.25, 0.3) is 0 Å². The average Bonchev–Trinajstić information content (AvgIpc) is 2.58. The molecule has 1 heterocycles. The summed E-state index contributed by atoms with van der Waals surface area (Å²) in [5.41, 5.74) is 1.19. The SMILES string of the molecule is COc1cc(OC)c(B2OC(C)(C)C(C)(C)O2)cc1C. The van der Waals surface area contributed by atoms with Crippen molar-refractivity contribution in [3.05, 3.63) is 17.7 Å². The van der Waals surface area contributed by atoms with E-state index in [-0.39, 0.29) is 11.2 Å². The molecule has 0 aromatic heterocycles. The highest BCUT2D eigenvalue weighted by molar-refractivity contribution is 6.63. The van der Waals surface area contributed by atoms with Gasteiger partial charge in [0.2, 0.25) is 0 Å². The van der Waals surface area contributed by atoms with Gasteiger partial charge in [-0.1, -0.05) is 6.07 Å². The van der Waals surface area contributed by atoms with Gasteiger partial charge in [-0.15, -0.1) is 0 Å². The number of hydrogen-bond donors (Lipinski definition) is 0. The third-order valence-electron chi connectivity index (χ3n) is 4.25. The van der Waals surface area contributed by atoms with Crippen LogP contribution >= 0.6 is 0 Å². The van der Waals surface area contributed by atoms with Crippen LogP contribution in [0.5, 0.6) is 11.5 Å². The first kappa shape index (κ1) is 15.2. The molecule has 0 bridgehead atoms. The lowest BCUT2D eigenvalue weighted by atomic mass is 9.77. The molecule has 110 valence electrons. The van der Waals surface area contributed by atoms with Crippen molar-refractivity contribution in [1.29, 1.82) is 0 Å². The van der Waals surface area contributed by atoms with E-state index in [9.17, 15) is 0 Å². The molecule has 1 saturated heterocycles. The van der Waals surface area contributed by atoms with Crippen molar-refractivity contribution in [3.63, 3.8) is 0 Å². The fraction of sp³-hybridized carbons (Fsp3) is 0.600. The normalized spacial score (nSPS) is 20.1. The third-order valence-corrected chi connectivity index (χ3v) is 4.25. The van der Waals surface area contributed by atoms with Crippen LogP contribution in [-0.2, 0) is 9.31 Å². The number of ether oxygens (including phenoxy) is 2. The Hall–Kier alpha value is -1.20. The van der Waals surface area contributed by atoms with E-state index < -0.39 is 7.12 Å². The molecule has 20 heavy (non-hydrogen) atoms. The molecule has 4 nitrogen and oxygen atoms in total. The Morgan fingerprint density at radius 1 is 0.900 bits per heavy atom. The monoisotopic (exact) mass is 278 g/mol. The number of methoxy groups -OCH3 is 2. The van der Waals surface area contributed by atoms with E-state index in [1.807, 2.05) is 46.8 Å². The molecule has 1 aromatic carbocycles. The third kappa shape index (κ3) is 2.40. The highest BCUT2D eigenvalue weighted by atomic mass is 16.7. The first-order valence-corrected chi connectivity index (χ1v) is 6.80. The average molecular weight is 278 g/mol. The first-order chi connectivity index (χ1) is 9.21. The molecule has 1 aromatic rings. The van der Waals surface area contributed by atoms with Gasteiger partial charge in [-0.2, -0.15) is 0 Å². The maximum atomic E-state index is 6.08. The molecular weight excluding hydrogens is 255 g/mol. The van der Waals surface area contributed by atoms with Crippen molar-refractivity contribution in [2.24, 2.45) is 0 Å². The Morgan fingerprint density at radius 3 is 1.85 bits per heavy atom. The smallest absolute Gasteiger partial charge is 0.497 e. The minimum Gasteiger partial charge on any atom is -0.497 e. The van der Waals surface area contributed by atoms with E-state index in [2.05, 4.69) is 0 Å². The second-order valence-electron chi connectivity index (χ2n) is 6.15. The van der Waals surface area contributed by atoms with Gasteiger partial charge >= 0.3 is 7.12 Å². The highest BCUT2D eigenvalue weighted by Crippen LogP contribution is 2.37. The van der Waals surface area contributed by atoms with Crippen molar-refractivity contribution >= 4 is 12.6 Å². The summed E-state index contributed by atoms with van der Waals surface area (Å²) in [6, 6.07) is 3.87. The van der Waals surface area contributed by atoms with Crippen molar-refractivity contribution in [2.75, 3.05) is 14.2 Å². The highest BCUT2D eigenvalue weighted by Gasteiger charge is 2.52. The molecule has 0 amide bonds. The molecule has 0 saturated carbocycles. The predicted octanol–water partition coefficient (Wildman–Crippen LogP) is 2.31. The second-order valence-corrected chi connectivity index (χ2v) is 6.15. The summed E-state index contributed by atoms with van der Waals surface area (Å²) in [7, 11) is 2.86. The van der Waals surface area contributed by atoms with Crippen LogP contribution in [0.15, 0.2) is 12.1 Å². The molecular formula is C15H23BO4. The Morgan fingerprint density at radius 2 is 1.40 bits per heavy atom. The summed E-state index contributed by atoms with van der Waals surface area (Å²) in [6.45, 7) is 10.1. The van der Waals surface area contributed by atoms with Gasteiger partial charge in [-0.25, -0.2) is 0 Å². The summed E-state index contributed by atoms with van der Waals surface area (Å²) in [6.07, 6.45) is 0. The number of hydrogen-bond acceptors (Lipinski definition) is 4. The summed E-state index contributed by atoms with van der Waals surface area (Å²) < 4.78 is 22.9. The number of aryl methyl sites for hydroxylation is 1. The van der Waals surface area contributed by atoms with Crippen molar-refractivity contribution in [2.45, 2.75) is 45.8 Å². The summed E-state index contributed by atoms with van der Waals surface area (Å²) in [5, 5.41) is 0.